The molecule has 1 aliphatic heterocycles. The van der Waals surface area contributed by atoms with Crippen molar-refractivity contribution in [3.8, 4) is 0 Å². The van der Waals surface area contributed by atoms with Crippen LogP contribution in [0.1, 0.15) is 25.6 Å². The van der Waals surface area contributed by atoms with Crippen LogP contribution in [-0.4, -0.2) is 40.1 Å². The third kappa shape index (κ3) is 2.99. The van der Waals surface area contributed by atoms with Gasteiger partial charge in [0.15, 0.2) is 0 Å². The maximum atomic E-state index is 11.8. The van der Waals surface area contributed by atoms with Crippen LogP contribution < -0.4 is 0 Å². The van der Waals surface area contributed by atoms with Gasteiger partial charge in [0.1, 0.15) is 5.82 Å². The molecule has 0 bridgehead atoms. The van der Waals surface area contributed by atoms with Crippen molar-refractivity contribution in [1.82, 2.24) is 14.5 Å². The fraction of sp³-hybridized carbons (Fsp3) is 0.529. The minimum atomic E-state index is -0.0371. The highest BCUT2D eigenvalue weighted by molar-refractivity contribution is 5.75. The maximum Gasteiger partial charge on any atom is 0.309 e. The predicted octanol–water partition coefficient (Wildman–Crippen LogP) is 2.35. The lowest BCUT2D eigenvalue weighted by Gasteiger charge is -2.30. The number of piperidine rings is 1. The zero-order valence-corrected chi connectivity index (χ0v) is 13.3. The number of para-hydroxylation sites is 2. The van der Waals surface area contributed by atoms with Crippen LogP contribution in [0, 0.1) is 5.92 Å². The number of carbonyl (C=O) groups excluding carboxylic acids is 1. The molecule has 1 saturated heterocycles. The van der Waals surface area contributed by atoms with Gasteiger partial charge in [0.2, 0.25) is 0 Å². The molecule has 0 aliphatic carbocycles. The van der Waals surface area contributed by atoms with Gasteiger partial charge in [0, 0.05) is 7.05 Å². The number of benzene rings is 1. The van der Waals surface area contributed by atoms with Crippen molar-refractivity contribution >= 4 is 17.0 Å². The molecule has 0 atom stereocenters. The third-order valence-electron chi connectivity index (χ3n) is 4.45. The van der Waals surface area contributed by atoms with Gasteiger partial charge >= 0.3 is 5.97 Å². The summed E-state index contributed by atoms with van der Waals surface area (Å²) in [5, 5.41) is 0. The minimum Gasteiger partial charge on any atom is -0.466 e. The molecule has 3 rings (SSSR count). The van der Waals surface area contributed by atoms with Crippen molar-refractivity contribution < 1.29 is 9.53 Å². The summed E-state index contributed by atoms with van der Waals surface area (Å²) in [5.74, 6) is 1.11. The first-order valence-corrected chi connectivity index (χ1v) is 7.98. The molecule has 1 aromatic carbocycles. The standard InChI is InChI=1S/C17H23N3O2/c1-3-22-17(21)13-8-10-20(11-9-13)12-16-18-14-6-4-5-7-15(14)19(16)2/h4-7,13H,3,8-12H2,1-2H3. The van der Waals surface area contributed by atoms with E-state index in [2.05, 4.69) is 22.6 Å². The Morgan fingerprint density at radius 1 is 1.32 bits per heavy atom. The number of esters is 1. The van der Waals surface area contributed by atoms with E-state index in [1.165, 1.54) is 5.52 Å². The number of nitrogens with zero attached hydrogens (tertiary/aromatic N) is 3. The molecule has 5 heteroatoms. The zero-order valence-electron chi connectivity index (χ0n) is 13.3. The van der Waals surface area contributed by atoms with Gasteiger partial charge in [-0.15, -0.1) is 0 Å². The lowest BCUT2D eigenvalue weighted by Crippen LogP contribution is -2.37. The molecule has 118 valence electrons. The monoisotopic (exact) mass is 301 g/mol. The van der Waals surface area contributed by atoms with E-state index >= 15 is 0 Å². The van der Waals surface area contributed by atoms with E-state index in [4.69, 9.17) is 9.72 Å². The van der Waals surface area contributed by atoms with Crippen LogP contribution in [0.4, 0.5) is 0 Å². The van der Waals surface area contributed by atoms with Crippen LogP contribution in [0.15, 0.2) is 24.3 Å². The number of fused-ring (bicyclic) bond motifs is 1. The number of aromatic nitrogens is 2. The number of aryl methyl sites for hydroxylation is 1. The minimum absolute atomic E-state index is 0.0371. The van der Waals surface area contributed by atoms with E-state index in [-0.39, 0.29) is 11.9 Å². The van der Waals surface area contributed by atoms with Gasteiger partial charge < -0.3 is 9.30 Å². The second-order valence-corrected chi connectivity index (χ2v) is 5.88. The molecule has 0 N–H and O–H groups in total. The molecule has 1 aliphatic rings. The van der Waals surface area contributed by atoms with Crippen molar-refractivity contribution in [3.05, 3.63) is 30.1 Å². The summed E-state index contributed by atoms with van der Waals surface area (Å²) in [4.78, 5) is 18.9. The summed E-state index contributed by atoms with van der Waals surface area (Å²) in [6.07, 6.45) is 1.76. The van der Waals surface area contributed by atoms with Crippen molar-refractivity contribution in [1.29, 1.82) is 0 Å². The van der Waals surface area contributed by atoms with Crippen LogP contribution in [0.3, 0.4) is 0 Å². The van der Waals surface area contributed by atoms with Crippen LogP contribution in [0.2, 0.25) is 0 Å². The molecule has 22 heavy (non-hydrogen) atoms. The SMILES string of the molecule is CCOC(=O)C1CCN(Cc2nc3ccccc3n2C)CC1. The number of rotatable bonds is 4. The van der Waals surface area contributed by atoms with Crippen molar-refractivity contribution in [3.63, 3.8) is 0 Å². The first-order chi connectivity index (χ1) is 10.7. The third-order valence-corrected chi connectivity index (χ3v) is 4.45. The summed E-state index contributed by atoms with van der Waals surface area (Å²) in [5.41, 5.74) is 2.21. The molecule has 0 saturated carbocycles. The average Bonchev–Trinajstić information content (AvgIpc) is 2.85. The Bertz CT molecular complexity index is 657. The van der Waals surface area contributed by atoms with Gasteiger partial charge in [0.05, 0.1) is 30.1 Å². The molecule has 0 spiro atoms. The molecule has 0 radical (unpaired) electrons. The number of hydrogen-bond donors (Lipinski definition) is 0. The number of ether oxygens (including phenoxy) is 1. The lowest BCUT2D eigenvalue weighted by molar-refractivity contribution is -0.149. The van der Waals surface area contributed by atoms with Crippen LogP contribution in [0.25, 0.3) is 11.0 Å². The van der Waals surface area contributed by atoms with Crippen LogP contribution in [0.5, 0.6) is 0 Å². The van der Waals surface area contributed by atoms with Crippen molar-refractivity contribution in [2.75, 3.05) is 19.7 Å². The van der Waals surface area contributed by atoms with Gasteiger partial charge in [-0.1, -0.05) is 12.1 Å². The highest BCUT2D eigenvalue weighted by Crippen LogP contribution is 2.21. The summed E-state index contributed by atoms with van der Waals surface area (Å²) >= 11 is 0. The van der Waals surface area contributed by atoms with E-state index in [1.54, 1.807) is 0 Å². The summed E-state index contributed by atoms with van der Waals surface area (Å²) in [6.45, 7) is 5.01. The van der Waals surface area contributed by atoms with E-state index in [0.717, 1.165) is 43.8 Å². The Balaban J connectivity index is 1.62. The Labute approximate surface area is 130 Å². The van der Waals surface area contributed by atoms with Gasteiger partial charge in [-0.25, -0.2) is 4.98 Å². The molecular weight excluding hydrogens is 278 g/mol. The normalized spacial score (nSPS) is 17.0. The molecular formula is C17H23N3O2. The molecule has 0 unspecified atom stereocenters. The van der Waals surface area contributed by atoms with E-state index in [0.29, 0.717) is 6.61 Å². The largest absolute Gasteiger partial charge is 0.466 e. The smallest absolute Gasteiger partial charge is 0.309 e. The average molecular weight is 301 g/mol. The summed E-state index contributed by atoms with van der Waals surface area (Å²) in [6, 6.07) is 8.20. The highest BCUT2D eigenvalue weighted by atomic mass is 16.5. The Morgan fingerprint density at radius 2 is 2.05 bits per heavy atom. The van der Waals surface area contributed by atoms with E-state index < -0.39 is 0 Å². The van der Waals surface area contributed by atoms with Crippen molar-refractivity contribution in [2.45, 2.75) is 26.3 Å². The molecule has 1 fully saturated rings. The first kappa shape index (κ1) is 15.0. The van der Waals surface area contributed by atoms with E-state index in [9.17, 15) is 4.79 Å². The number of likely N-dealkylation sites (tertiary alicyclic amines) is 1. The van der Waals surface area contributed by atoms with Crippen LogP contribution >= 0.6 is 0 Å². The summed E-state index contributed by atoms with van der Waals surface area (Å²) < 4.78 is 7.28. The molecule has 2 aromatic rings. The maximum absolute atomic E-state index is 11.8. The topological polar surface area (TPSA) is 47.4 Å². The molecule has 5 nitrogen and oxygen atoms in total. The fourth-order valence-electron chi connectivity index (χ4n) is 3.12. The number of carbonyl (C=O) groups is 1. The first-order valence-electron chi connectivity index (χ1n) is 7.98. The summed E-state index contributed by atoms with van der Waals surface area (Å²) in [7, 11) is 2.07. The zero-order chi connectivity index (χ0) is 15.5. The van der Waals surface area contributed by atoms with Crippen molar-refractivity contribution in [2.24, 2.45) is 13.0 Å². The van der Waals surface area contributed by atoms with Gasteiger partial charge in [-0.05, 0) is 45.0 Å². The molecule has 1 aromatic heterocycles. The molecule has 2 heterocycles. The number of hydrogen-bond acceptors (Lipinski definition) is 4. The highest BCUT2D eigenvalue weighted by Gasteiger charge is 2.26. The quantitative estimate of drug-likeness (QED) is 0.813. The Morgan fingerprint density at radius 3 is 2.73 bits per heavy atom. The lowest BCUT2D eigenvalue weighted by atomic mass is 9.97. The van der Waals surface area contributed by atoms with Gasteiger partial charge in [-0.2, -0.15) is 0 Å². The fourth-order valence-corrected chi connectivity index (χ4v) is 3.12. The second kappa shape index (κ2) is 6.48. The predicted molar refractivity (Wildman–Crippen MR) is 85.3 cm³/mol. The Hall–Kier alpha value is -1.88. The van der Waals surface area contributed by atoms with Gasteiger partial charge in [0.25, 0.3) is 0 Å². The Kier molecular flexibility index (Phi) is 4.43. The van der Waals surface area contributed by atoms with Crippen LogP contribution in [-0.2, 0) is 23.1 Å². The van der Waals surface area contributed by atoms with E-state index in [1.807, 2.05) is 25.1 Å². The molecule has 0 amide bonds. The number of imidazole rings is 1. The van der Waals surface area contributed by atoms with Gasteiger partial charge in [-0.3, -0.25) is 9.69 Å². The second-order valence-electron chi connectivity index (χ2n) is 5.88.